The second-order valence-corrected chi connectivity index (χ2v) is 5.95. The molecular weight excluding hydrogens is 343 g/mol. The molecule has 1 aliphatic rings. The number of nitriles is 1. The summed E-state index contributed by atoms with van der Waals surface area (Å²) in [6, 6.07) is 10.9. The Kier molecular flexibility index (Phi) is 3.31. The first-order valence-electron chi connectivity index (χ1n) is 10.2. The van der Waals surface area contributed by atoms with Crippen molar-refractivity contribution in [2.75, 3.05) is 16.7 Å². The third-order valence-electron chi connectivity index (χ3n) is 4.04. The van der Waals surface area contributed by atoms with E-state index in [2.05, 4.69) is 20.5 Å². The number of hydrogen-bond acceptors (Lipinski definition) is 6. The van der Waals surface area contributed by atoms with Crippen LogP contribution in [0.5, 0.6) is 0 Å². The SMILES string of the molecule is [2H]C1([2H])Cc2ncc(Nc3ccccc3F)cc2C([2H])([2H])N1c1nnc(C#N)cc1C. The second-order valence-electron chi connectivity index (χ2n) is 5.95. The maximum absolute atomic E-state index is 14.0. The fraction of sp³-hybridized carbons (Fsp3) is 0.200. The normalized spacial score (nSPS) is 18.9. The Bertz CT molecular complexity index is 1210. The Balaban J connectivity index is 1.80. The van der Waals surface area contributed by atoms with Crippen LogP contribution in [0.1, 0.15) is 28.0 Å². The van der Waals surface area contributed by atoms with Crippen LogP contribution in [0.4, 0.5) is 21.6 Å². The Morgan fingerprint density at radius 1 is 1.30 bits per heavy atom. The lowest BCUT2D eigenvalue weighted by molar-refractivity contribution is 0.632. The van der Waals surface area contributed by atoms with Gasteiger partial charge in [0.2, 0.25) is 0 Å². The molecule has 27 heavy (non-hydrogen) atoms. The number of nitrogens with one attached hydrogen (secondary N) is 1. The molecule has 0 spiro atoms. The lowest BCUT2D eigenvalue weighted by Crippen LogP contribution is -2.32. The highest BCUT2D eigenvalue weighted by Crippen LogP contribution is 2.27. The monoisotopic (exact) mass is 364 g/mol. The average Bonchev–Trinajstić information content (AvgIpc) is 2.71. The van der Waals surface area contributed by atoms with Gasteiger partial charge in [-0.2, -0.15) is 5.26 Å². The Morgan fingerprint density at radius 2 is 2.15 bits per heavy atom. The number of aromatic nitrogens is 3. The van der Waals surface area contributed by atoms with Gasteiger partial charge < -0.3 is 10.2 Å². The average molecular weight is 364 g/mol. The van der Waals surface area contributed by atoms with E-state index in [-0.39, 0.29) is 34.9 Å². The van der Waals surface area contributed by atoms with Crippen molar-refractivity contribution in [1.82, 2.24) is 15.2 Å². The molecule has 1 aliphatic heterocycles. The Hall–Kier alpha value is -3.53. The first-order valence-corrected chi connectivity index (χ1v) is 8.19. The molecule has 0 bridgehead atoms. The summed E-state index contributed by atoms with van der Waals surface area (Å²) >= 11 is 0. The van der Waals surface area contributed by atoms with Gasteiger partial charge in [0.1, 0.15) is 11.9 Å². The van der Waals surface area contributed by atoms with E-state index in [1.54, 1.807) is 25.1 Å². The lowest BCUT2D eigenvalue weighted by Gasteiger charge is -2.30. The molecule has 0 unspecified atom stereocenters. The predicted octanol–water partition coefficient (Wildman–Crippen LogP) is 3.50. The zero-order chi connectivity index (χ0) is 22.4. The number of pyridine rings is 1. The summed E-state index contributed by atoms with van der Waals surface area (Å²) in [4.78, 5) is 5.16. The molecule has 6 nitrogen and oxygen atoms in total. The van der Waals surface area contributed by atoms with Gasteiger partial charge in [0.25, 0.3) is 0 Å². The minimum Gasteiger partial charge on any atom is -0.352 e. The van der Waals surface area contributed by atoms with Crippen molar-refractivity contribution in [1.29, 1.82) is 5.26 Å². The molecular formula is C20H17FN6. The zero-order valence-electron chi connectivity index (χ0n) is 18.4. The molecule has 3 aromatic rings. The minimum absolute atomic E-state index is 0.00730. The number of nitrogens with zero attached hydrogens (tertiary/aromatic N) is 5. The van der Waals surface area contributed by atoms with Crippen molar-refractivity contribution in [3.63, 3.8) is 0 Å². The molecule has 0 saturated carbocycles. The van der Waals surface area contributed by atoms with Crippen molar-refractivity contribution >= 4 is 17.2 Å². The van der Waals surface area contributed by atoms with Crippen LogP contribution in [0.15, 0.2) is 42.6 Å². The van der Waals surface area contributed by atoms with E-state index >= 15 is 0 Å². The highest BCUT2D eigenvalue weighted by molar-refractivity contribution is 5.61. The van der Waals surface area contributed by atoms with Gasteiger partial charge in [0.05, 0.1) is 20.3 Å². The van der Waals surface area contributed by atoms with Gasteiger partial charge in [-0.3, -0.25) is 4.98 Å². The molecule has 0 fully saturated rings. The highest BCUT2D eigenvalue weighted by Gasteiger charge is 2.21. The summed E-state index contributed by atoms with van der Waals surface area (Å²) in [6.45, 7) is -2.89. The smallest absolute Gasteiger partial charge is 0.163 e. The van der Waals surface area contributed by atoms with Crippen LogP contribution in [0.25, 0.3) is 0 Å². The van der Waals surface area contributed by atoms with E-state index in [9.17, 15) is 4.39 Å². The largest absolute Gasteiger partial charge is 0.352 e. The number of hydrogen-bond donors (Lipinski definition) is 1. The summed E-state index contributed by atoms with van der Waals surface area (Å²) in [5.41, 5.74) is 1.42. The Labute approximate surface area is 161 Å². The van der Waals surface area contributed by atoms with Crippen LogP contribution < -0.4 is 10.2 Å². The quantitative estimate of drug-likeness (QED) is 0.766. The maximum Gasteiger partial charge on any atom is 0.163 e. The molecule has 0 atom stereocenters. The topological polar surface area (TPSA) is 77.7 Å². The molecule has 7 heteroatoms. The standard InChI is InChI=1S/C20H17FN6/c1-13-8-15(10-22)25-26-20(13)27-7-6-18-14(12-27)9-16(11-23-18)24-19-5-3-2-4-17(19)21/h2-5,8-9,11,24H,6-7,12H2,1H3/i7D2,12D2. The van der Waals surface area contributed by atoms with E-state index in [0.717, 1.165) is 4.90 Å². The fourth-order valence-electron chi connectivity index (χ4n) is 2.71. The van der Waals surface area contributed by atoms with Crippen LogP contribution in [-0.4, -0.2) is 21.7 Å². The molecule has 0 radical (unpaired) electrons. The lowest BCUT2D eigenvalue weighted by atomic mass is 10.0. The van der Waals surface area contributed by atoms with Gasteiger partial charge in [0, 0.05) is 27.8 Å². The molecule has 0 aliphatic carbocycles. The number of halogens is 1. The predicted molar refractivity (Wildman–Crippen MR) is 100 cm³/mol. The van der Waals surface area contributed by atoms with Crippen LogP contribution in [0.3, 0.4) is 0 Å². The zero-order valence-corrected chi connectivity index (χ0v) is 14.4. The number of aryl methyl sites for hydroxylation is 2. The fourth-order valence-corrected chi connectivity index (χ4v) is 2.71. The third kappa shape index (κ3) is 3.42. The van der Waals surface area contributed by atoms with Gasteiger partial charge in [-0.1, -0.05) is 12.1 Å². The van der Waals surface area contributed by atoms with Crippen molar-refractivity contribution in [3.05, 3.63) is 70.9 Å². The van der Waals surface area contributed by atoms with E-state index < -0.39 is 18.8 Å². The maximum atomic E-state index is 14.0. The van der Waals surface area contributed by atoms with Gasteiger partial charge in [-0.25, -0.2) is 4.39 Å². The first kappa shape index (κ1) is 12.8. The van der Waals surface area contributed by atoms with Crippen molar-refractivity contribution in [2.24, 2.45) is 0 Å². The number of fused-ring (bicyclic) bond motifs is 1. The summed E-state index contributed by atoms with van der Waals surface area (Å²) in [6.07, 6.45) is 1.23. The van der Waals surface area contributed by atoms with E-state index in [4.69, 9.17) is 10.7 Å². The van der Waals surface area contributed by atoms with Crippen molar-refractivity contribution < 1.29 is 9.87 Å². The van der Waals surface area contributed by atoms with E-state index in [0.29, 0.717) is 11.3 Å². The Morgan fingerprint density at radius 3 is 2.93 bits per heavy atom. The van der Waals surface area contributed by atoms with Crippen LogP contribution in [0, 0.1) is 24.1 Å². The summed E-state index contributed by atoms with van der Waals surface area (Å²) < 4.78 is 48.5. The molecule has 2 aromatic heterocycles. The van der Waals surface area contributed by atoms with Gasteiger partial charge >= 0.3 is 0 Å². The molecule has 134 valence electrons. The molecule has 0 amide bonds. The molecule has 1 aromatic carbocycles. The number of anilines is 3. The van der Waals surface area contributed by atoms with Crippen LogP contribution in [0.2, 0.25) is 0 Å². The summed E-state index contributed by atoms with van der Waals surface area (Å²) in [7, 11) is 0. The summed E-state index contributed by atoms with van der Waals surface area (Å²) in [5, 5.41) is 19.6. The molecule has 0 saturated heterocycles. The summed E-state index contributed by atoms with van der Waals surface area (Å²) in [5.74, 6) is -0.475. The van der Waals surface area contributed by atoms with Gasteiger partial charge in [-0.05, 0) is 42.3 Å². The molecule has 1 N–H and O–H groups in total. The van der Waals surface area contributed by atoms with Crippen LogP contribution >= 0.6 is 0 Å². The third-order valence-corrected chi connectivity index (χ3v) is 4.04. The van der Waals surface area contributed by atoms with Gasteiger partial charge in [0.15, 0.2) is 11.5 Å². The van der Waals surface area contributed by atoms with Crippen LogP contribution in [-0.2, 0) is 12.9 Å². The molecule has 4 rings (SSSR count). The highest BCUT2D eigenvalue weighted by atomic mass is 19.1. The molecule has 3 heterocycles. The number of rotatable bonds is 3. The van der Waals surface area contributed by atoms with E-state index in [1.807, 2.05) is 6.07 Å². The second kappa shape index (κ2) is 7.00. The number of benzene rings is 1. The van der Waals surface area contributed by atoms with Gasteiger partial charge in [-0.15, -0.1) is 10.2 Å². The minimum atomic E-state index is -2.34. The van der Waals surface area contributed by atoms with Crippen molar-refractivity contribution in [3.8, 4) is 6.07 Å². The first-order chi connectivity index (χ1) is 14.6. The van der Waals surface area contributed by atoms with Crippen molar-refractivity contribution in [2.45, 2.75) is 19.8 Å². The number of para-hydroxylation sites is 1. The van der Waals surface area contributed by atoms with E-state index in [1.165, 1.54) is 24.4 Å².